The zero-order valence-corrected chi connectivity index (χ0v) is 11.5. The summed E-state index contributed by atoms with van der Waals surface area (Å²) in [6, 6.07) is 9.21. The molecule has 1 saturated carbocycles. The molecule has 1 heterocycles. The third-order valence-corrected chi connectivity index (χ3v) is 3.53. The second-order valence-corrected chi connectivity index (χ2v) is 5.55. The summed E-state index contributed by atoms with van der Waals surface area (Å²) in [7, 11) is 0. The van der Waals surface area contributed by atoms with Crippen molar-refractivity contribution in [1.82, 2.24) is 10.3 Å². The van der Waals surface area contributed by atoms with Gasteiger partial charge in [-0.05, 0) is 24.3 Å². The van der Waals surface area contributed by atoms with E-state index >= 15 is 0 Å². The van der Waals surface area contributed by atoms with Crippen LogP contribution in [0.3, 0.4) is 0 Å². The van der Waals surface area contributed by atoms with Crippen LogP contribution in [0.4, 0.5) is 0 Å². The summed E-state index contributed by atoms with van der Waals surface area (Å²) in [6.45, 7) is 5.13. The molecule has 2 aromatic rings. The molecule has 1 aliphatic carbocycles. The van der Waals surface area contributed by atoms with Crippen LogP contribution in [0.2, 0.25) is 0 Å². The summed E-state index contributed by atoms with van der Waals surface area (Å²) in [5.41, 5.74) is 2.44. The maximum absolute atomic E-state index is 5.77. The van der Waals surface area contributed by atoms with E-state index in [0.29, 0.717) is 12.0 Å². The van der Waals surface area contributed by atoms with Gasteiger partial charge in [0.15, 0.2) is 5.76 Å². The number of hydrogen-bond donors (Lipinski definition) is 1. The summed E-state index contributed by atoms with van der Waals surface area (Å²) in [5.74, 6) is 2.18. The minimum atomic E-state index is 0.557. The smallest absolute Gasteiger partial charge is 0.208 e. The molecular formula is C16H20N2O. The average Bonchev–Trinajstić information content (AvgIpc) is 3.13. The molecule has 0 unspecified atom stereocenters. The highest BCUT2D eigenvalue weighted by Crippen LogP contribution is 2.24. The van der Waals surface area contributed by atoms with Crippen LogP contribution >= 0.6 is 0 Å². The van der Waals surface area contributed by atoms with Gasteiger partial charge in [-0.15, -0.1) is 0 Å². The Labute approximate surface area is 114 Å². The molecular weight excluding hydrogens is 236 g/mol. The van der Waals surface area contributed by atoms with Gasteiger partial charge in [0.2, 0.25) is 5.89 Å². The van der Waals surface area contributed by atoms with Crippen molar-refractivity contribution in [2.24, 2.45) is 0 Å². The lowest BCUT2D eigenvalue weighted by Gasteiger charge is -2.05. The van der Waals surface area contributed by atoms with Crippen LogP contribution in [-0.2, 0) is 6.54 Å². The second kappa shape index (κ2) is 5.17. The number of rotatable bonds is 5. The van der Waals surface area contributed by atoms with Crippen LogP contribution in [0, 0.1) is 0 Å². The predicted molar refractivity (Wildman–Crippen MR) is 75.9 cm³/mol. The van der Waals surface area contributed by atoms with Crippen LogP contribution < -0.4 is 5.32 Å². The summed E-state index contributed by atoms with van der Waals surface area (Å²) in [5, 5.41) is 3.41. The minimum Gasteiger partial charge on any atom is -0.439 e. The first-order valence-corrected chi connectivity index (χ1v) is 7.01. The summed E-state index contributed by atoms with van der Waals surface area (Å²) >= 11 is 0. The van der Waals surface area contributed by atoms with Crippen molar-refractivity contribution in [2.75, 3.05) is 0 Å². The Hall–Kier alpha value is -1.61. The molecule has 1 aromatic carbocycles. The van der Waals surface area contributed by atoms with E-state index < -0.39 is 0 Å². The van der Waals surface area contributed by atoms with Crippen molar-refractivity contribution < 1.29 is 4.42 Å². The van der Waals surface area contributed by atoms with E-state index in [9.17, 15) is 0 Å². The van der Waals surface area contributed by atoms with Gasteiger partial charge in [0.1, 0.15) is 0 Å². The number of benzene rings is 1. The first-order chi connectivity index (χ1) is 9.22. The molecule has 0 saturated heterocycles. The average molecular weight is 256 g/mol. The Kier molecular flexibility index (Phi) is 3.38. The van der Waals surface area contributed by atoms with Crippen LogP contribution in [0.5, 0.6) is 0 Å². The fourth-order valence-corrected chi connectivity index (χ4v) is 2.08. The van der Waals surface area contributed by atoms with Gasteiger partial charge in [0, 0.05) is 11.6 Å². The molecule has 0 atom stereocenters. The molecule has 1 aliphatic rings. The van der Waals surface area contributed by atoms with Gasteiger partial charge in [0.05, 0.1) is 12.7 Å². The molecule has 0 radical (unpaired) electrons. The zero-order chi connectivity index (χ0) is 13.2. The zero-order valence-electron chi connectivity index (χ0n) is 11.5. The van der Waals surface area contributed by atoms with Crippen molar-refractivity contribution in [2.45, 2.75) is 45.2 Å². The van der Waals surface area contributed by atoms with Crippen LogP contribution in [0.1, 0.15) is 44.1 Å². The first-order valence-electron chi connectivity index (χ1n) is 7.01. The third-order valence-electron chi connectivity index (χ3n) is 3.53. The third kappa shape index (κ3) is 3.04. The van der Waals surface area contributed by atoms with E-state index in [0.717, 1.165) is 23.8 Å². The van der Waals surface area contributed by atoms with Gasteiger partial charge < -0.3 is 9.73 Å². The SMILES string of the molecule is CC(C)c1ccc(-c2cnc(CNC3CC3)o2)cc1. The molecule has 0 spiro atoms. The Balaban J connectivity index is 1.70. The van der Waals surface area contributed by atoms with Crippen molar-refractivity contribution >= 4 is 0 Å². The normalized spacial score (nSPS) is 15.1. The molecule has 3 heteroatoms. The minimum absolute atomic E-state index is 0.557. The lowest BCUT2D eigenvalue weighted by Crippen LogP contribution is -2.15. The number of aromatic nitrogens is 1. The second-order valence-electron chi connectivity index (χ2n) is 5.55. The first kappa shape index (κ1) is 12.4. The number of nitrogens with zero attached hydrogens (tertiary/aromatic N) is 1. The van der Waals surface area contributed by atoms with Gasteiger partial charge in [-0.1, -0.05) is 38.1 Å². The van der Waals surface area contributed by atoms with Crippen LogP contribution in [0.15, 0.2) is 34.9 Å². The highest BCUT2D eigenvalue weighted by molar-refractivity contribution is 5.56. The topological polar surface area (TPSA) is 38.1 Å². The van der Waals surface area contributed by atoms with E-state index in [1.807, 2.05) is 6.20 Å². The summed E-state index contributed by atoms with van der Waals surface area (Å²) in [4.78, 5) is 4.32. The van der Waals surface area contributed by atoms with Gasteiger partial charge in [-0.3, -0.25) is 0 Å². The standard InChI is InChI=1S/C16H20N2O/c1-11(2)12-3-5-13(6-4-12)15-9-18-16(19-15)10-17-14-7-8-14/h3-6,9,11,14,17H,7-8,10H2,1-2H3. The van der Waals surface area contributed by atoms with Crippen LogP contribution in [0.25, 0.3) is 11.3 Å². The van der Waals surface area contributed by atoms with E-state index in [4.69, 9.17) is 4.42 Å². The monoisotopic (exact) mass is 256 g/mol. The van der Waals surface area contributed by atoms with Crippen molar-refractivity contribution in [3.05, 3.63) is 41.9 Å². The molecule has 19 heavy (non-hydrogen) atoms. The Bertz CT molecular complexity index is 538. The predicted octanol–water partition coefficient (Wildman–Crippen LogP) is 3.72. The highest BCUT2D eigenvalue weighted by atomic mass is 16.4. The van der Waals surface area contributed by atoms with Gasteiger partial charge >= 0.3 is 0 Å². The molecule has 100 valence electrons. The van der Waals surface area contributed by atoms with Crippen molar-refractivity contribution in [3.63, 3.8) is 0 Å². The van der Waals surface area contributed by atoms with Gasteiger partial charge in [-0.25, -0.2) is 4.98 Å². The number of hydrogen-bond acceptors (Lipinski definition) is 3. The number of nitrogens with one attached hydrogen (secondary N) is 1. The fourth-order valence-electron chi connectivity index (χ4n) is 2.08. The highest BCUT2D eigenvalue weighted by Gasteiger charge is 2.20. The van der Waals surface area contributed by atoms with Crippen LogP contribution in [-0.4, -0.2) is 11.0 Å². The van der Waals surface area contributed by atoms with E-state index in [-0.39, 0.29) is 0 Å². The molecule has 3 rings (SSSR count). The fraction of sp³-hybridized carbons (Fsp3) is 0.438. The summed E-state index contributed by atoms with van der Waals surface area (Å²) in [6.07, 6.45) is 4.38. The van der Waals surface area contributed by atoms with Crippen molar-refractivity contribution in [3.8, 4) is 11.3 Å². The molecule has 1 aromatic heterocycles. The van der Waals surface area contributed by atoms with E-state index in [2.05, 4.69) is 48.4 Å². The van der Waals surface area contributed by atoms with Gasteiger partial charge in [0.25, 0.3) is 0 Å². The lowest BCUT2D eigenvalue weighted by atomic mass is 10.0. The maximum atomic E-state index is 5.77. The molecule has 1 fully saturated rings. The largest absolute Gasteiger partial charge is 0.439 e. The van der Waals surface area contributed by atoms with Gasteiger partial charge in [-0.2, -0.15) is 0 Å². The number of oxazole rings is 1. The van der Waals surface area contributed by atoms with E-state index in [1.54, 1.807) is 0 Å². The molecule has 1 N–H and O–H groups in total. The maximum Gasteiger partial charge on any atom is 0.208 e. The van der Waals surface area contributed by atoms with E-state index in [1.165, 1.54) is 18.4 Å². The lowest BCUT2D eigenvalue weighted by molar-refractivity contribution is 0.476. The summed E-state index contributed by atoms with van der Waals surface area (Å²) < 4.78 is 5.77. The Morgan fingerprint density at radius 3 is 2.63 bits per heavy atom. The quantitative estimate of drug-likeness (QED) is 0.886. The Morgan fingerprint density at radius 2 is 2.00 bits per heavy atom. The molecule has 0 amide bonds. The molecule has 3 nitrogen and oxygen atoms in total. The van der Waals surface area contributed by atoms with Crippen molar-refractivity contribution in [1.29, 1.82) is 0 Å². The Morgan fingerprint density at radius 1 is 1.26 bits per heavy atom. The molecule has 0 bridgehead atoms. The molecule has 0 aliphatic heterocycles.